The molecule has 1 aliphatic heterocycles. The van der Waals surface area contributed by atoms with Gasteiger partial charge in [-0.25, -0.2) is 8.42 Å². The largest absolute Gasteiger partial charge is 0.494 e. The normalized spacial score (nSPS) is 17.8. The molecule has 5 nitrogen and oxygen atoms in total. The van der Waals surface area contributed by atoms with Crippen molar-refractivity contribution in [1.29, 1.82) is 0 Å². The van der Waals surface area contributed by atoms with E-state index in [1.165, 1.54) is 10.3 Å². The molecule has 1 atom stereocenters. The van der Waals surface area contributed by atoms with Crippen LogP contribution in [0.25, 0.3) is 0 Å². The van der Waals surface area contributed by atoms with Gasteiger partial charge in [0.25, 0.3) is 5.91 Å². The second-order valence-corrected chi connectivity index (χ2v) is 8.59. The summed E-state index contributed by atoms with van der Waals surface area (Å²) < 4.78 is 29.9. The molecule has 2 aromatic carbocycles. The van der Waals surface area contributed by atoms with Crippen molar-refractivity contribution < 1.29 is 17.9 Å². The van der Waals surface area contributed by atoms with Crippen LogP contribution in [0.5, 0.6) is 5.75 Å². The van der Waals surface area contributed by atoms with Crippen LogP contribution in [0, 0.1) is 0 Å². The molecule has 0 radical (unpaired) electrons. The molecule has 0 saturated carbocycles. The van der Waals surface area contributed by atoms with Crippen molar-refractivity contribution in [1.82, 2.24) is 0 Å². The first kappa shape index (κ1) is 18.7. The predicted octanol–water partition coefficient (Wildman–Crippen LogP) is 3.81. The van der Waals surface area contributed by atoms with Crippen LogP contribution in [0.4, 0.5) is 5.69 Å². The molecule has 0 fully saturated rings. The molecule has 26 heavy (non-hydrogen) atoms. The van der Waals surface area contributed by atoms with Crippen LogP contribution in [-0.4, -0.2) is 32.7 Å². The molecule has 0 bridgehead atoms. The first-order valence-corrected chi connectivity index (χ1v) is 10.6. The number of amides is 1. The number of halogens is 1. The van der Waals surface area contributed by atoms with Crippen LogP contribution in [0.3, 0.4) is 0 Å². The van der Waals surface area contributed by atoms with Crippen LogP contribution in [0.2, 0.25) is 0 Å². The van der Waals surface area contributed by atoms with Gasteiger partial charge < -0.3 is 9.64 Å². The molecule has 1 amide bonds. The van der Waals surface area contributed by atoms with Gasteiger partial charge in [0.2, 0.25) is 0 Å². The van der Waals surface area contributed by atoms with Gasteiger partial charge >= 0.3 is 0 Å². The van der Waals surface area contributed by atoms with Crippen molar-refractivity contribution in [3.63, 3.8) is 0 Å². The highest BCUT2D eigenvalue weighted by Crippen LogP contribution is 2.28. The lowest BCUT2D eigenvalue weighted by molar-refractivity contribution is 0.0982. The third-order valence-corrected chi connectivity index (χ3v) is 6.06. The van der Waals surface area contributed by atoms with Gasteiger partial charge in [-0.15, -0.1) is 0 Å². The van der Waals surface area contributed by atoms with Gasteiger partial charge in [0, 0.05) is 15.6 Å². The number of carbonyl (C=O) groups is 1. The SMILES string of the molecule is CCOc1ccc(N(C(=O)c2ccccc2Br)[C@@H]2C=CS(=O)(=O)C2)cc1. The second-order valence-electron chi connectivity index (χ2n) is 5.81. The summed E-state index contributed by atoms with van der Waals surface area (Å²) in [6, 6.07) is 13.6. The van der Waals surface area contributed by atoms with Crippen molar-refractivity contribution in [2.45, 2.75) is 13.0 Å². The Morgan fingerprint density at radius 1 is 1.19 bits per heavy atom. The molecule has 0 unspecified atom stereocenters. The Balaban J connectivity index is 2.01. The zero-order chi connectivity index (χ0) is 18.7. The van der Waals surface area contributed by atoms with Gasteiger partial charge in [0.05, 0.1) is 24.0 Å². The number of ether oxygens (including phenoxy) is 1. The first-order chi connectivity index (χ1) is 12.4. The van der Waals surface area contributed by atoms with Crippen molar-refractivity contribution in [3.8, 4) is 5.75 Å². The number of rotatable bonds is 5. The van der Waals surface area contributed by atoms with E-state index in [-0.39, 0.29) is 11.7 Å². The lowest BCUT2D eigenvalue weighted by Crippen LogP contribution is -2.41. The Morgan fingerprint density at radius 2 is 1.88 bits per heavy atom. The first-order valence-electron chi connectivity index (χ1n) is 8.13. The highest BCUT2D eigenvalue weighted by Gasteiger charge is 2.32. The fourth-order valence-corrected chi connectivity index (χ4v) is 4.54. The smallest absolute Gasteiger partial charge is 0.260 e. The average molecular weight is 436 g/mol. The van der Waals surface area contributed by atoms with Crippen molar-refractivity contribution in [2.75, 3.05) is 17.3 Å². The fourth-order valence-electron chi connectivity index (χ4n) is 2.81. The van der Waals surface area contributed by atoms with Crippen LogP contribution >= 0.6 is 15.9 Å². The average Bonchev–Trinajstić information content (AvgIpc) is 2.97. The van der Waals surface area contributed by atoms with E-state index in [4.69, 9.17) is 4.74 Å². The van der Waals surface area contributed by atoms with Gasteiger partial charge in [-0.3, -0.25) is 4.79 Å². The molecule has 3 rings (SSSR count). The minimum atomic E-state index is -3.30. The van der Waals surface area contributed by atoms with Crippen LogP contribution in [0.1, 0.15) is 17.3 Å². The Labute approximate surface area is 161 Å². The summed E-state index contributed by atoms with van der Waals surface area (Å²) in [6.07, 6.45) is 1.56. The Kier molecular flexibility index (Phi) is 5.48. The molecule has 0 aliphatic carbocycles. The van der Waals surface area contributed by atoms with Gasteiger partial charge in [-0.2, -0.15) is 0 Å². The van der Waals surface area contributed by atoms with Gasteiger partial charge in [-0.05, 0) is 65.3 Å². The highest BCUT2D eigenvalue weighted by atomic mass is 79.9. The number of hydrogen-bond donors (Lipinski definition) is 0. The van der Waals surface area contributed by atoms with E-state index in [0.29, 0.717) is 28.1 Å². The number of carbonyl (C=O) groups excluding carboxylic acids is 1. The lowest BCUT2D eigenvalue weighted by Gasteiger charge is -2.28. The molecule has 2 aromatic rings. The van der Waals surface area contributed by atoms with Gasteiger partial charge in [0.15, 0.2) is 9.84 Å². The molecular formula is C19H18BrNO4S. The summed E-state index contributed by atoms with van der Waals surface area (Å²) in [6.45, 7) is 2.44. The molecule has 7 heteroatoms. The van der Waals surface area contributed by atoms with Crippen molar-refractivity contribution in [2.24, 2.45) is 0 Å². The molecule has 1 aliphatic rings. The summed E-state index contributed by atoms with van der Waals surface area (Å²) in [4.78, 5) is 14.7. The van der Waals surface area contributed by atoms with E-state index < -0.39 is 15.9 Å². The Morgan fingerprint density at radius 3 is 2.46 bits per heavy atom. The van der Waals surface area contributed by atoms with Crippen molar-refractivity contribution in [3.05, 3.63) is 70.1 Å². The topological polar surface area (TPSA) is 63.7 Å². The van der Waals surface area contributed by atoms with Crippen molar-refractivity contribution >= 4 is 37.4 Å². The van der Waals surface area contributed by atoms with E-state index in [0.717, 1.165) is 0 Å². The number of nitrogens with zero attached hydrogens (tertiary/aromatic N) is 1. The second kappa shape index (κ2) is 7.63. The summed E-state index contributed by atoms with van der Waals surface area (Å²) >= 11 is 3.40. The zero-order valence-electron chi connectivity index (χ0n) is 14.1. The summed E-state index contributed by atoms with van der Waals surface area (Å²) in [5.74, 6) is 0.295. The molecule has 1 heterocycles. The van der Waals surface area contributed by atoms with E-state index in [1.54, 1.807) is 48.5 Å². The van der Waals surface area contributed by atoms with Crippen LogP contribution < -0.4 is 9.64 Å². The molecule has 136 valence electrons. The van der Waals surface area contributed by atoms with E-state index >= 15 is 0 Å². The fraction of sp³-hybridized carbons (Fsp3) is 0.211. The monoisotopic (exact) mass is 435 g/mol. The highest BCUT2D eigenvalue weighted by molar-refractivity contribution is 9.10. The third kappa shape index (κ3) is 3.99. The number of sulfone groups is 1. The van der Waals surface area contributed by atoms with Gasteiger partial charge in [0.1, 0.15) is 5.75 Å². The maximum absolute atomic E-state index is 13.2. The van der Waals surface area contributed by atoms with Crippen LogP contribution in [-0.2, 0) is 9.84 Å². The summed E-state index contributed by atoms with van der Waals surface area (Å²) in [7, 11) is -3.30. The lowest BCUT2D eigenvalue weighted by atomic mass is 10.1. The number of benzene rings is 2. The molecule has 0 saturated heterocycles. The summed E-state index contributed by atoms with van der Waals surface area (Å²) in [5.41, 5.74) is 1.08. The predicted molar refractivity (Wildman–Crippen MR) is 105 cm³/mol. The minimum Gasteiger partial charge on any atom is -0.494 e. The maximum Gasteiger partial charge on any atom is 0.260 e. The van der Waals surface area contributed by atoms with Crippen LogP contribution in [0.15, 0.2) is 64.5 Å². The quantitative estimate of drug-likeness (QED) is 0.715. The van der Waals surface area contributed by atoms with Gasteiger partial charge in [-0.1, -0.05) is 12.1 Å². The Hall–Kier alpha value is -2.12. The van der Waals surface area contributed by atoms with E-state index in [2.05, 4.69) is 15.9 Å². The standard InChI is InChI=1S/C19H18BrNO4S/c1-2-25-16-9-7-14(8-10-16)21(15-11-12-26(23,24)13-15)19(22)17-5-3-4-6-18(17)20/h3-12,15H,2,13H2,1H3/t15-/m1/s1. The number of hydrogen-bond acceptors (Lipinski definition) is 4. The Bertz CT molecular complexity index is 938. The molecule has 0 spiro atoms. The molecule has 0 aromatic heterocycles. The maximum atomic E-state index is 13.2. The minimum absolute atomic E-state index is 0.129. The molecule has 0 N–H and O–H groups in total. The molecular weight excluding hydrogens is 418 g/mol. The summed E-state index contributed by atoms with van der Waals surface area (Å²) in [5, 5.41) is 1.17. The van der Waals surface area contributed by atoms with E-state index in [9.17, 15) is 13.2 Å². The third-order valence-electron chi connectivity index (χ3n) is 3.99. The number of anilines is 1. The zero-order valence-corrected chi connectivity index (χ0v) is 16.5. The van der Waals surface area contributed by atoms with E-state index in [1.807, 2.05) is 13.0 Å².